The molecule has 2 atom stereocenters. The molecule has 1 aliphatic heterocycles. The third kappa shape index (κ3) is 2.92. The lowest BCUT2D eigenvalue weighted by Crippen LogP contribution is -2.66. The fourth-order valence-electron chi connectivity index (χ4n) is 3.76. The summed E-state index contributed by atoms with van der Waals surface area (Å²) >= 11 is 1.58. The number of ether oxygens (including phenoxy) is 1. The number of aromatic nitrogens is 1. The van der Waals surface area contributed by atoms with Crippen LogP contribution in [-0.2, 0) is 9.53 Å². The van der Waals surface area contributed by atoms with Gasteiger partial charge in [0.15, 0.2) is 5.78 Å². The van der Waals surface area contributed by atoms with Gasteiger partial charge in [-0.2, -0.15) is 0 Å². The van der Waals surface area contributed by atoms with Crippen LogP contribution in [0.2, 0.25) is 0 Å². The van der Waals surface area contributed by atoms with Gasteiger partial charge in [0.1, 0.15) is 16.2 Å². The quantitative estimate of drug-likeness (QED) is 0.847. The maximum Gasteiger partial charge on any atom is 0.174 e. The first-order valence-corrected chi connectivity index (χ1v) is 9.75. The Balaban J connectivity index is 2.18. The summed E-state index contributed by atoms with van der Waals surface area (Å²) in [5.74, 6) is -0.764. The van der Waals surface area contributed by atoms with Crippen molar-refractivity contribution in [3.8, 4) is 10.6 Å². The molecular formula is C21H27NO3S. The molecule has 1 fully saturated rings. The Hall–Kier alpha value is -1.56. The van der Waals surface area contributed by atoms with Gasteiger partial charge in [0, 0.05) is 16.6 Å². The molecule has 140 valence electrons. The number of aryl methyl sites for hydroxylation is 2. The maximum absolute atomic E-state index is 13.3. The van der Waals surface area contributed by atoms with E-state index in [1.54, 1.807) is 32.1 Å². The minimum Gasteiger partial charge on any atom is -0.386 e. The average molecular weight is 374 g/mol. The van der Waals surface area contributed by atoms with Crippen molar-refractivity contribution in [1.82, 2.24) is 4.98 Å². The number of carbonyl (C=O) groups excluding carboxylic acids is 1. The first-order chi connectivity index (χ1) is 11.9. The van der Waals surface area contributed by atoms with Gasteiger partial charge in [-0.15, -0.1) is 11.3 Å². The van der Waals surface area contributed by atoms with Gasteiger partial charge in [-0.25, -0.2) is 4.98 Å². The first-order valence-electron chi connectivity index (χ1n) is 8.87. The lowest BCUT2D eigenvalue weighted by Gasteiger charge is -2.54. The van der Waals surface area contributed by atoms with Gasteiger partial charge in [0.25, 0.3) is 0 Å². The molecule has 1 aromatic carbocycles. The lowest BCUT2D eigenvalue weighted by atomic mass is 9.65. The largest absolute Gasteiger partial charge is 0.386 e. The normalized spacial score (nSPS) is 27.5. The molecule has 0 saturated carbocycles. The van der Waals surface area contributed by atoms with Gasteiger partial charge in [-0.1, -0.05) is 12.1 Å². The summed E-state index contributed by atoms with van der Waals surface area (Å²) < 4.78 is 5.99. The molecule has 2 unspecified atom stereocenters. The summed E-state index contributed by atoms with van der Waals surface area (Å²) in [5, 5.41) is 14.3. The highest BCUT2D eigenvalue weighted by atomic mass is 32.1. The number of carbonyl (C=O) groups is 1. The molecule has 1 aliphatic rings. The molecule has 1 N–H and O–H groups in total. The van der Waals surface area contributed by atoms with E-state index in [2.05, 4.69) is 4.98 Å². The predicted octanol–water partition coefficient (Wildman–Crippen LogP) is 4.42. The molecule has 5 heteroatoms. The standard InChI is InChI=1S/C21H27NO3S/c1-12-8-9-14(18-22-13(2)11-26-18)10-15(12)16-17(23)19(3,4)25-20(5,6)21(16,7)24/h8-11,16,24H,1-7H3. The number of aliphatic hydroxyl groups is 1. The van der Waals surface area contributed by atoms with Crippen LogP contribution in [0, 0.1) is 13.8 Å². The topological polar surface area (TPSA) is 59.4 Å². The monoisotopic (exact) mass is 373 g/mol. The average Bonchev–Trinajstić information content (AvgIpc) is 2.93. The van der Waals surface area contributed by atoms with Crippen LogP contribution in [0.25, 0.3) is 10.6 Å². The van der Waals surface area contributed by atoms with Crippen LogP contribution in [-0.4, -0.2) is 32.7 Å². The van der Waals surface area contributed by atoms with Crippen molar-refractivity contribution in [1.29, 1.82) is 0 Å². The summed E-state index contributed by atoms with van der Waals surface area (Å²) in [5.41, 5.74) is 0.607. The van der Waals surface area contributed by atoms with Gasteiger partial charge in [-0.3, -0.25) is 4.79 Å². The van der Waals surface area contributed by atoms with Crippen molar-refractivity contribution in [2.45, 2.75) is 71.2 Å². The molecule has 3 rings (SSSR count). The molecule has 1 aromatic heterocycles. The molecule has 2 aromatic rings. The molecule has 2 heterocycles. The summed E-state index contributed by atoms with van der Waals surface area (Å²) in [6.45, 7) is 12.9. The Bertz CT molecular complexity index is 864. The minimum atomic E-state index is -1.33. The summed E-state index contributed by atoms with van der Waals surface area (Å²) in [6.07, 6.45) is 0. The molecule has 0 aliphatic carbocycles. The Morgan fingerprint density at radius 2 is 1.81 bits per heavy atom. The van der Waals surface area contributed by atoms with Crippen LogP contribution in [0.15, 0.2) is 23.6 Å². The molecule has 4 nitrogen and oxygen atoms in total. The van der Waals surface area contributed by atoms with Crippen molar-refractivity contribution in [3.63, 3.8) is 0 Å². The Morgan fingerprint density at radius 3 is 2.38 bits per heavy atom. The van der Waals surface area contributed by atoms with Crippen LogP contribution in [0.1, 0.15) is 57.4 Å². The van der Waals surface area contributed by atoms with Crippen molar-refractivity contribution >= 4 is 17.1 Å². The minimum absolute atomic E-state index is 0.0996. The maximum atomic E-state index is 13.3. The van der Waals surface area contributed by atoms with Crippen molar-refractivity contribution in [3.05, 3.63) is 40.4 Å². The van der Waals surface area contributed by atoms with Crippen molar-refractivity contribution in [2.24, 2.45) is 0 Å². The Labute approximate surface area is 159 Å². The van der Waals surface area contributed by atoms with Crippen LogP contribution in [0.4, 0.5) is 0 Å². The second kappa shape index (κ2) is 5.98. The number of hydrogen-bond acceptors (Lipinski definition) is 5. The van der Waals surface area contributed by atoms with E-state index in [9.17, 15) is 9.90 Å². The SMILES string of the molecule is Cc1csc(-c2ccc(C)c(C3C(=O)C(C)(C)OC(C)(C)C3(C)O)c2)n1. The number of nitrogens with zero attached hydrogens (tertiary/aromatic N) is 1. The van der Waals surface area contributed by atoms with Crippen LogP contribution in [0.3, 0.4) is 0 Å². The van der Waals surface area contributed by atoms with E-state index < -0.39 is 22.7 Å². The number of thiazole rings is 1. The molecule has 0 bridgehead atoms. The zero-order chi connectivity index (χ0) is 19.5. The van der Waals surface area contributed by atoms with E-state index in [1.807, 2.05) is 51.3 Å². The summed E-state index contributed by atoms with van der Waals surface area (Å²) in [4.78, 5) is 17.8. The fourth-order valence-corrected chi connectivity index (χ4v) is 4.55. The van der Waals surface area contributed by atoms with Gasteiger partial charge in [0.05, 0.1) is 11.5 Å². The fraction of sp³-hybridized carbons (Fsp3) is 0.524. The lowest BCUT2D eigenvalue weighted by molar-refractivity contribution is -0.242. The third-order valence-electron chi connectivity index (χ3n) is 5.60. The van der Waals surface area contributed by atoms with E-state index in [4.69, 9.17) is 4.74 Å². The Kier molecular flexibility index (Phi) is 4.42. The second-order valence-corrected chi connectivity index (χ2v) is 9.29. The van der Waals surface area contributed by atoms with Crippen LogP contribution >= 0.6 is 11.3 Å². The number of hydrogen-bond donors (Lipinski definition) is 1. The van der Waals surface area contributed by atoms with E-state index >= 15 is 0 Å². The van der Waals surface area contributed by atoms with Crippen LogP contribution < -0.4 is 0 Å². The highest BCUT2D eigenvalue weighted by Crippen LogP contribution is 2.49. The molecule has 0 amide bonds. The number of rotatable bonds is 2. The summed E-state index contributed by atoms with van der Waals surface area (Å²) in [6, 6.07) is 6.02. The zero-order valence-electron chi connectivity index (χ0n) is 16.5. The molecule has 26 heavy (non-hydrogen) atoms. The third-order valence-corrected chi connectivity index (χ3v) is 6.61. The summed E-state index contributed by atoms with van der Waals surface area (Å²) in [7, 11) is 0. The van der Waals surface area contributed by atoms with E-state index in [0.29, 0.717) is 0 Å². The van der Waals surface area contributed by atoms with Crippen molar-refractivity contribution in [2.75, 3.05) is 0 Å². The molecular weight excluding hydrogens is 346 g/mol. The van der Waals surface area contributed by atoms with E-state index in [-0.39, 0.29) is 5.78 Å². The zero-order valence-corrected chi connectivity index (χ0v) is 17.3. The van der Waals surface area contributed by atoms with Gasteiger partial charge in [-0.05, 0) is 65.7 Å². The molecule has 0 spiro atoms. The smallest absolute Gasteiger partial charge is 0.174 e. The first kappa shape index (κ1) is 19.2. The van der Waals surface area contributed by atoms with Gasteiger partial charge < -0.3 is 9.84 Å². The van der Waals surface area contributed by atoms with Crippen LogP contribution in [0.5, 0.6) is 0 Å². The van der Waals surface area contributed by atoms with E-state index in [1.165, 1.54) is 0 Å². The number of ketones is 1. The highest BCUT2D eigenvalue weighted by molar-refractivity contribution is 7.13. The van der Waals surface area contributed by atoms with Gasteiger partial charge in [0.2, 0.25) is 0 Å². The van der Waals surface area contributed by atoms with E-state index in [0.717, 1.165) is 27.4 Å². The van der Waals surface area contributed by atoms with Crippen molar-refractivity contribution < 1.29 is 14.6 Å². The van der Waals surface area contributed by atoms with Gasteiger partial charge >= 0.3 is 0 Å². The second-order valence-electron chi connectivity index (χ2n) is 8.43. The highest BCUT2D eigenvalue weighted by Gasteiger charge is 2.60. The molecule has 1 saturated heterocycles. The Morgan fingerprint density at radius 1 is 1.15 bits per heavy atom. The number of Topliss-reactive ketones (excluding diaryl/α,β-unsaturated/α-hetero) is 1. The molecule has 0 radical (unpaired) electrons. The predicted molar refractivity (Wildman–Crippen MR) is 105 cm³/mol. The number of benzene rings is 1.